The van der Waals surface area contributed by atoms with Crippen molar-refractivity contribution in [2.45, 2.75) is 0 Å². The van der Waals surface area contributed by atoms with Crippen molar-refractivity contribution in [3.8, 4) is 11.5 Å². The number of nitrogens with one attached hydrogen (secondary N) is 1. The summed E-state index contributed by atoms with van der Waals surface area (Å²) < 4.78 is 1.72. The van der Waals surface area contributed by atoms with E-state index in [0.29, 0.717) is 16.5 Å². The molecule has 0 amide bonds. The first-order chi connectivity index (χ1) is 8.15. The van der Waals surface area contributed by atoms with Crippen molar-refractivity contribution < 1.29 is 0 Å². The Morgan fingerprint density at radius 1 is 1.29 bits per heavy atom. The summed E-state index contributed by atoms with van der Waals surface area (Å²) in [7, 11) is 1.84. The van der Waals surface area contributed by atoms with Crippen molar-refractivity contribution in [3.63, 3.8) is 0 Å². The topological polar surface area (TPSA) is 59.4 Å². The summed E-state index contributed by atoms with van der Waals surface area (Å²) >= 11 is 11.7. The molecule has 0 radical (unpaired) electrons. The molecule has 86 valence electrons. The molecule has 5 nitrogen and oxygen atoms in total. The lowest BCUT2D eigenvalue weighted by Gasteiger charge is -1.95. The summed E-state index contributed by atoms with van der Waals surface area (Å²) in [6, 6.07) is 3.57. The van der Waals surface area contributed by atoms with Crippen LogP contribution in [0.3, 0.4) is 0 Å². The van der Waals surface area contributed by atoms with Crippen LogP contribution in [0.1, 0.15) is 0 Å². The molecule has 3 aromatic rings. The van der Waals surface area contributed by atoms with Crippen LogP contribution in [0.25, 0.3) is 22.7 Å². The molecule has 0 saturated heterocycles. The molecule has 0 aliphatic rings. The van der Waals surface area contributed by atoms with Crippen LogP contribution in [0, 0.1) is 0 Å². The van der Waals surface area contributed by atoms with Crippen LogP contribution in [0.5, 0.6) is 0 Å². The smallest absolute Gasteiger partial charge is 0.179 e. The molecule has 0 aliphatic heterocycles. The van der Waals surface area contributed by atoms with Crippen molar-refractivity contribution in [2.24, 2.45) is 7.05 Å². The molecule has 0 fully saturated rings. The zero-order valence-electron chi connectivity index (χ0n) is 8.78. The van der Waals surface area contributed by atoms with Gasteiger partial charge in [0, 0.05) is 13.2 Å². The number of fused-ring (bicyclic) bond motifs is 1. The zero-order valence-corrected chi connectivity index (χ0v) is 10.3. The Kier molecular flexibility index (Phi) is 2.31. The second-order valence-electron chi connectivity index (χ2n) is 3.56. The van der Waals surface area contributed by atoms with E-state index in [-0.39, 0.29) is 5.15 Å². The number of rotatable bonds is 1. The molecule has 0 unspecified atom stereocenters. The summed E-state index contributed by atoms with van der Waals surface area (Å²) in [4.78, 5) is 11.6. The van der Waals surface area contributed by atoms with Gasteiger partial charge in [-0.25, -0.2) is 9.97 Å². The van der Waals surface area contributed by atoms with Gasteiger partial charge >= 0.3 is 0 Å². The molecule has 7 heteroatoms. The van der Waals surface area contributed by atoms with Crippen molar-refractivity contribution in [3.05, 3.63) is 28.5 Å². The van der Waals surface area contributed by atoms with E-state index in [1.165, 1.54) is 0 Å². The SMILES string of the molecule is Cn1nccc1-c1nc2nc(Cl)c(Cl)cc2[nH]1. The molecule has 3 rings (SSSR count). The van der Waals surface area contributed by atoms with Gasteiger partial charge < -0.3 is 4.98 Å². The number of halogens is 2. The van der Waals surface area contributed by atoms with Gasteiger partial charge in [0.2, 0.25) is 0 Å². The number of aromatic nitrogens is 5. The van der Waals surface area contributed by atoms with Crippen molar-refractivity contribution in [1.82, 2.24) is 24.7 Å². The van der Waals surface area contributed by atoms with Gasteiger partial charge in [0.05, 0.1) is 10.5 Å². The average Bonchev–Trinajstić information content (AvgIpc) is 2.85. The number of aryl methyl sites for hydroxylation is 1. The van der Waals surface area contributed by atoms with E-state index >= 15 is 0 Å². The van der Waals surface area contributed by atoms with Crippen molar-refractivity contribution in [2.75, 3.05) is 0 Å². The van der Waals surface area contributed by atoms with Crippen LogP contribution < -0.4 is 0 Å². The van der Waals surface area contributed by atoms with E-state index < -0.39 is 0 Å². The lowest BCUT2D eigenvalue weighted by atomic mass is 10.4. The van der Waals surface area contributed by atoms with Crippen LogP contribution in [0.4, 0.5) is 0 Å². The van der Waals surface area contributed by atoms with Crippen LogP contribution >= 0.6 is 23.2 Å². The Balaban J connectivity index is 2.24. The Labute approximate surface area is 106 Å². The average molecular weight is 268 g/mol. The number of nitrogens with zero attached hydrogens (tertiary/aromatic N) is 4. The summed E-state index contributed by atoms with van der Waals surface area (Å²) in [5, 5.41) is 4.74. The van der Waals surface area contributed by atoms with E-state index in [1.54, 1.807) is 16.9 Å². The Hall–Kier alpha value is -1.59. The molecule has 3 aromatic heterocycles. The van der Waals surface area contributed by atoms with Gasteiger partial charge in [0.15, 0.2) is 11.5 Å². The number of pyridine rings is 1. The number of imidazole rings is 1. The van der Waals surface area contributed by atoms with Gasteiger partial charge in [-0.1, -0.05) is 23.2 Å². The molecule has 0 saturated carbocycles. The Bertz CT molecular complexity index is 661. The number of H-pyrrole nitrogens is 1. The monoisotopic (exact) mass is 267 g/mol. The molecule has 0 aliphatic carbocycles. The standard InChI is InChI=1S/C10H7Cl2N5/c1-17-7(2-3-13-17)10-14-6-4-5(11)8(12)15-9(6)16-10/h2-4H,1H3,(H,14,15,16). The molecule has 0 aromatic carbocycles. The minimum Gasteiger partial charge on any atom is -0.335 e. The van der Waals surface area contributed by atoms with Crippen LogP contribution in [-0.4, -0.2) is 24.7 Å². The normalized spacial score (nSPS) is 11.2. The third-order valence-electron chi connectivity index (χ3n) is 2.45. The van der Waals surface area contributed by atoms with Gasteiger partial charge in [-0.3, -0.25) is 4.68 Å². The van der Waals surface area contributed by atoms with Crippen LogP contribution in [-0.2, 0) is 7.05 Å². The second-order valence-corrected chi connectivity index (χ2v) is 4.32. The summed E-state index contributed by atoms with van der Waals surface area (Å²) in [6.45, 7) is 0. The summed E-state index contributed by atoms with van der Waals surface area (Å²) in [6.07, 6.45) is 1.70. The van der Waals surface area contributed by atoms with Crippen molar-refractivity contribution in [1.29, 1.82) is 0 Å². The Morgan fingerprint density at radius 2 is 2.12 bits per heavy atom. The maximum atomic E-state index is 5.89. The molecule has 0 atom stereocenters. The largest absolute Gasteiger partial charge is 0.335 e. The van der Waals surface area contributed by atoms with Crippen molar-refractivity contribution >= 4 is 34.4 Å². The van der Waals surface area contributed by atoms with E-state index in [9.17, 15) is 0 Å². The first-order valence-corrected chi connectivity index (χ1v) is 5.61. The van der Waals surface area contributed by atoms with E-state index in [1.807, 2.05) is 13.1 Å². The molecule has 0 spiro atoms. The van der Waals surface area contributed by atoms with E-state index in [0.717, 1.165) is 11.2 Å². The Morgan fingerprint density at radius 3 is 2.82 bits per heavy atom. The first-order valence-electron chi connectivity index (χ1n) is 4.85. The third kappa shape index (κ3) is 1.67. The predicted molar refractivity (Wildman–Crippen MR) is 66.1 cm³/mol. The fourth-order valence-electron chi connectivity index (χ4n) is 1.62. The highest BCUT2D eigenvalue weighted by atomic mass is 35.5. The minimum absolute atomic E-state index is 0.252. The van der Waals surface area contributed by atoms with Crippen LogP contribution in [0.15, 0.2) is 18.3 Å². The molecular weight excluding hydrogens is 261 g/mol. The zero-order chi connectivity index (χ0) is 12.0. The minimum atomic E-state index is 0.252. The number of aromatic amines is 1. The molecule has 3 heterocycles. The lowest BCUT2D eigenvalue weighted by molar-refractivity contribution is 0.771. The molecule has 17 heavy (non-hydrogen) atoms. The maximum absolute atomic E-state index is 5.89. The maximum Gasteiger partial charge on any atom is 0.179 e. The summed E-state index contributed by atoms with van der Waals surface area (Å²) in [5.41, 5.74) is 2.15. The molecule has 1 N–H and O–H groups in total. The third-order valence-corrected chi connectivity index (χ3v) is 3.12. The highest BCUT2D eigenvalue weighted by Crippen LogP contribution is 2.25. The number of hydrogen-bond donors (Lipinski definition) is 1. The second kappa shape index (κ2) is 3.72. The van der Waals surface area contributed by atoms with Gasteiger partial charge in [0.25, 0.3) is 0 Å². The molecule has 0 bridgehead atoms. The van der Waals surface area contributed by atoms with Gasteiger partial charge in [-0.2, -0.15) is 5.10 Å². The van der Waals surface area contributed by atoms with E-state index in [4.69, 9.17) is 23.2 Å². The molecular formula is C10H7Cl2N5. The quantitative estimate of drug-likeness (QED) is 0.690. The predicted octanol–water partition coefficient (Wildman–Crippen LogP) is 2.67. The first kappa shape index (κ1) is 10.6. The fourth-order valence-corrected chi connectivity index (χ4v) is 1.91. The van der Waals surface area contributed by atoms with Gasteiger partial charge in [-0.05, 0) is 12.1 Å². The van der Waals surface area contributed by atoms with Gasteiger partial charge in [0.1, 0.15) is 10.8 Å². The van der Waals surface area contributed by atoms with Crippen LogP contribution in [0.2, 0.25) is 10.2 Å². The van der Waals surface area contributed by atoms with E-state index in [2.05, 4.69) is 20.1 Å². The highest BCUT2D eigenvalue weighted by Gasteiger charge is 2.11. The lowest BCUT2D eigenvalue weighted by Crippen LogP contribution is -1.94. The number of hydrogen-bond acceptors (Lipinski definition) is 3. The highest BCUT2D eigenvalue weighted by molar-refractivity contribution is 6.41. The summed E-state index contributed by atoms with van der Waals surface area (Å²) in [5.74, 6) is 0.686. The fraction of sp³-hybridized carbons (Fsp3) is 0.100. The van der Waals surface area contributed by atoms with Gasteiger partial charge in [-0.15, -0.1) is 0 Å².